The molecule has 0 bridgehead atoms. The lowest BCUT2D eigenvalue weighted by Crippen LogP contribution is -2.25. The summed E-state index contributed by atoms with van der Waals surface area (Å²) in [7, 11) is 0. The van der Waals surface area contributed by atoms with Crippen LogP contribution in [0.5, 0.6) is 0 Å². The van der Waals surface area contributed by atoms with Gasteiger partial charge < -0.3 is 10.6 Å². The van der Waals surface area contributed by atoms with Gasteiger partial charge in [-0.2, -0.15) is 0 Å². The van der Waals surface area contributed by atoms with E-state index in [2.05, 4.69) is 22.5 Å². The number of rotatable bonds is 10. The maximum atomic E-state index is 12.4. The van der Waals surface area contributed by atoms with Crippen molar-refractivity contribution in [2.24, 2.45) is 0 Å². The van der Waals surface area contributed by atoms with Gasteiger partial charge in [0.05, 0.1) is 5.75 Å². The number of nitrogens with one attached hydrogen (secondary N) is 2. The number of hydrogen-bond donors (Lipinski definition) is 2. The first-order valence-electron chi connectivity index (χ1n) is 10.1. The molecule has 2 aromatic carbocycles. The number of benzene rings is 2. The molecule has 0 aliphatic heterocycles. The van der Waals surface area contributed by atoms with E-state index in [4.69, 9.17) is 11.6 Å². The summed E-state index contributed by atoms with van der Waals surface area (Å²) in [6.07, 6.45) is 5.48. The van der Waals surface area contributed by atoms with Crippen LogP contribution in [-0.4, -0.2) is 33.7 Å². The van der Waals surface area contributed by atoms with Crippen LogP contribution < -0.4 is 10.6 Å². The van der Waals surface area contributed by atoms with E-state index in [0.717, 1.165) is 24.1 Å². The number of hydrogen-bond acceptors (Lipinski definition) is 4. The summed E-state index contributed by atoms with van der Waals surface area (Å²) in [4.78, 5) is 29.0. The van der Waals surface area contributed by atoms with Crippen molar-refractivity contribution in [2.45, 2.75) is 31.5 Å². The zero-order chi connectivity index (χ0) is 22.1. The van der Waals surface area contributed by atoms with Crippen molar-refractivity contribution in [3.63, 3.8) is 0 Å². The van der Waals surface area contributed by atoms with E-state index in [1.54, 1.807) is 18.3 Å². The molecule has 3 rings (SSSR count). The minimum absolute atomic E-state index is 0.0939. The Hall–Kier alpha value is -2.77. The molecule has 2 amide bonds. The van der Waals surface area contributed by atoms with Crippen LogP contribution in [0.4, 0.5) is 0 Å². The van der Waals surface area contributed by atoms with Crippen LogP contribution in [0.15, 0.2) is 66.1 Å². The van der Waals surface area contributed by atoms with Gasteiger partial charge >= 0.3 is 0 Å². The number of unbranched alkanes of at least 4 members (excludes halogenated alkanes) is 1. The maximum absolute atomic E-state index is 12.4. The number of thioether (sulfide) groups is 1. The molecule has 0 aliphatic rings. The Morgan fingerprint density at radius 3 is 2.77 bits per heavy atom. The van der Waals surface area contributed by atoms with E-state index >= 15 is 0 Å². The van der Waals surface area contributed by atoms with E-state index in [0.29, 0.717) is 28.8 Å². The predicted molar refractivity (Wildman–Crippen MR) is 125 cm³/mol. The van der Waals surface area contributed by atoms with Gasteiger partial charge in [0.2, 0.25) is 5.91 Å². The fourth-order valence-corrected chi connectivity index (χ4v) is 3.89. The van der Waals surface area contributed by atoms with Gasteiger partial charge in [0, 0.05) is 41.8 Å². The molecule has 2 N–H and O–H groups in total. The van der Waals surface area contributed by atoms with Gasteiger partial charge in [0.25, 0.3) is 5.91 Å². The van der Waals surface area contributed by atoms with Crippen molar-refractivity contribution in [1.29, 1.82) is 0 Å². The first-order chi connectivity index (χ1) is 15.1. The van der Waals surface area contributed by atoms with E-state index in [1.807, 2.05) is 47.2 Å². The first kappa shape index (κ1) is 22.9. The fourth-order valence-electron chi connectivity index (χ4n) is 2.89. The molecule has 6 nitrogen and oxygen atoms in total. The molecule has 0 saturated heterocycles. The van der Waals surface area contributed by atoms with Crippen LogP contribution in [-0.2, 0) is 11.3 Å². The van der Waals surface area contributed by atoms with Crippen LogP contribution in [0.3, 0.4) is 0 Å². The number of carbonyl (C=O) groups excluding carboxylic acids is 2. The Morgan fingerprint density at radius 1 is 1.13 bits per heavy atom. The lowest BCUT2D eigenvalue weighted by atomic mass is 10.2. The molecule has 0 radical (unpaired) electrons. The minimum Gasteiger partial charge on any atom is -0.352 e. The topological polar surface area (TPSA) is 76.0 Å². The van der Waals surface area contributed by atoms with E-state index in [9.17, 15) is 9.59 Å². The van der Waals surface area contributed by atoms with E-state index in [-0.39, 0.29) is 17.6 Å². The van der Waals surface area contributed by atoms with Gasteiger partial charge in [0.15, 0.2) is 5.16 Å². The van der Waals surface area contributed by atoms with Gasteiger partial charge in [-0.15, -0.1) is 0 Å². The molecule has 0 aliphatic carbocycles. The highest BCUT2D eigenvalue weighted by Gasteiger charge is 2.12. The van der Waals surface area contributed by atoms with Gasteiger partial charge in [-0.05, 0) is 36.2 Å². The maximum Gasteiger partial charge on any atom is 0.251 e. The number of halogens is 1. The number of amides is 2. The van der Waals surface area contributed by atoms with E-state index < -0.39 is 0 Å². The van der Waals surface area contributed by atoms with Crippen LogP contribution in [0.25, 0.3) is 5.69 Å². The lowest BCUT2D eigenvalue weighted by Gasteiger charge is -2.10. The molecule has 31 heavy (non-hydrogen) atoms. The second kappa shape index (κ2) is 11.6. The van der Waals surface area contributed by atoms with Gasteiger partial charge in [-0.3, -0.25) is 14.2 Å². The Bertz CT molecular complexity index is 1040. The average Bonchev–Trinajstić information content (AvgIpc) is 3.26. The van der Waals surface area contributed by atoms with Gasteiger partial charge in [0.1, 0.15) is 0 Å². The van der Waals surface area contributed by atoms with Crippen molar-refractivity contribution in [2.75, 3.05) is 12.3 Å². The third-order valence-electron chi connectivity index (χ3n) is 4.58. The molecule has 0 spiro atoms. The summed E-state index contributed by atoms with van der Waals surface area (Å²) >= 11 is 7.46. The summed E-state index contributed by atoms with van der Waals surface area (Å²) in [6, 6.07) is 14.8. The lowest BCUT2D eigenvalue weighted by molar-refractivity contribution is -0.118. The summed E-state index contributed by atoms with van der Waals surface area (Å²) in [6.45, 7) is 3.12. The van der Waals surface area contributed by atoms with Crippen LogP contribution in [0, 0.1) is 0 Å². The highest BCUT2D eigenvalue weighted by Crippen LogP contribution is 2.21. The largest absolute Gasteiger partial charge is 0.352 e. The molecule has 3 aromatic rings. The standard InChI is InChI=1S/C23H25ClN4O2S/c1-2-3-11-25-22(30)17-8-6-9-19(14-17)28-13-12-26-23(28)31-16-21(29)27-15-18-7-4-5-10-20(18)24/h4-10,12-14H,2-3,11,15-16H2,1H3,(H,25,30)(H,27,29). The van der Waals surface area contributed by atoms with Crippen molar-refractivity contribution in [1.82, 2.24) is 20.2 Å². The molecule has 162 valence electrons. The van der Waals surface area contributed by atoms with Crippen LogP contribution >= 0.6 is 23.4 Å². The molecule has 0 fully saturated rings. The smallest absolute Gasteiger partial charge is 0.251 e. The molecular formula is C23H25ClN4O2S. The Morgan fingerprint density at radius 2 is 1.97 bits per heavy atom. The third-order valence-corrected chi connectivity index (χ3v) is 5.91. The Balaban J connectivity index is 1.59. The summed E-state index contributed by atoms with van der Waals surface area (Å²) in [5.41, 5.74) is 2.29. The molecule has 0 unspecified atom stereocenters. The number of carbonyl (C=O) groups is 2. The molecule has 0 atom stereocenters. The van der Waals surface area contributed by atoms with Crippen molar-refractivity contribution in [3.05, 3.63) is 77.1 Å². The first-order valence-corrected chi connectivity index (χ1v) is 11.5. The SMILES string of the molecule is CCCCNC(=O)c1cccc(-n2ccnc2SCC(=O)NCc2ccccc2Cl)c1. The fraction of sp³-hybridized carbons (Fsp3) is 0.261. The number of aromatic nitrogens is 2. The quantitative estimate of drug-likeness (QED) is 0.348. The average molecular weight is 457 g/mol. The Labute approximate surface area is 191 Å². The van der Waals surface area contributed by atoms with E-state index in [1.165, 1.54) is 11.8 Å². The van der Waals surface area contributed by atoms with Crippen molar-refractivity contribution in [3.8, 4) is 5.69 Å². The Kier molecular flexibility index (Phi) is 8.55. The van der Waals surface area contributed by atoms with Crippen LogP contribution in [0.1, 0.15) is 35.7 Å². The minimum atomic E-state index is -0.108. The second-order valence-corrected chi connectivity index (χ2v) is 8.25. The summed E-state index contributed by atoms with van der Waals surface area (Å²) in [5, 5.41) is 7.11. The van der Waals surface area contributed by atoms with Crippen molar-refractivity contribution >= 4 is 35.2 Å². The highest BCUT2D eigenvalue weighted by molar-refractivity contribution is 7.99. The number of imidazole rings is 1. The zero-order valence-electron chi connectivity index (χ0n) is 17.3. The monoisotopic (exact) mass is 456 g/mol. The van der Waals surface area contributed by atoms with Crippen LogP contribution in [0.2, 0.25) is 5.02 Å². The predicted octanol–water partition coefficient (Wildman–Crippen LogP) is 4.46. The molecule has 8 heteroatoms. The molecule has 1 heterocycles. The molecular weight excluding hydrogens is 432 g/mol. The summed E-state index contributed by atoms with van der Waals surface area (Å²) in [5.74, 6) is 0.0191. The third kappa shape index (κ3) is 6.60. The van der Waals surface area contributed by atoms with Crippen molar-refractivity contribution < 1.29 is 9.59 Å². The zero-order valence-corrected chi connectivity index (χ0v) is 18.9. The second-order valence-electron chi connectivity index (χ2n) is 6.90. The number of nitrogens with zero attached hydrogens (tertiary/aromatic N) is 2. The molecule has 0 saturated carbocycles. The molecule has 1 aromatic heterocycles. The van der Waals surface area contributed by atoms with Gasteiger partial charge in [-0.1, -0.05) is 61.0 Å². The van der Waals surface area contributed by atoms with Gasteiger partial charge in [-0.25, -0.2) is 4.98 Å². The normalized spacial score (nSPS) is 10.6. The summed E-state index contributed by atoms with van der Waals surface area (Å²) < 4.78 is 1.87. The highest BCUT2D eigenvalue weighted by atomic mass is 35.5.